The number of rotatable bonds is 4. The molecule has 0 bridgehead atoms. The maximum Gasteiger partial charge on any atom is 0.203 e. The minimum atomic E-state index is 0.566. The lowest BCUT2D eigenvalue weighted by Crippen LogP contribution is -1.95. The van der Waals surface area contributed by atoms with Gasteiger partial charge in [-0.3, -0.25) is 0 Å². The van der Waals surface area contributed by atoms with Crippen molar-refractivity contribution >= 4 is 0 Å². The van der Waals surface area contributed by atoms with Crippen molar-refractivity contribution < 1.29 is 18.9 Å². The molecule has 92 valence electrons. The van der Waals surface area contributed by atoms with Crippen LogP contribution in [0.15, 0.2) is 12.1 Å². The Bertz CT molecular complexity index is 285. The Morgan fingerprint density at radius 2 is 1.12 bits per heavy atom. The molecule has 0 amide bonds. The van der Waals surface area contributed by atoms with Crippen molar-refractivity contribution in [1.82, 2.24) is 0 Å². The van der Waals surface area contributed by atoms with Crippen LogP contribution >= 0.6 is 0 Å². The summed E-state index contributed by atoms with van der Waals surface area (Å²) in [5.41, 5.74) is 0. The van der Waals surface area contributed by atoms with Crippen molar-refractivity contribution in [1.29, 1.82) is 0 Å². The summed E-state index contributed by atoms with van der Waals surface area (Å²) >= 11 is 0. The van der Waals surface area contributed by atoms with Gasteiger partial charge in [0.1, 0.15) is 5.75 Å². The van der Waals surface area contributed by atoms with Crippen molar-refractivity contribution in [2.75, 3.05) is 28.4 Å². The van der Waals surface area contributed by atoms with E-state index in [0.29, 0.717) is 23.0 Å². The Kier molecular flexibility index (Phi) is 6.92. The third-order valence-electron chi connectivity index (χ3n) is 1.87. The predicted molar refractivity (Wildman–Crippen MR) is 64.0 cm³/mol. The van der Waals surface area contributed by atoms with E-state index in [0.717, 1.165) is 0 Å². The molecule has 0 radical (unpaired) electrons. The zero-order chi connectivity index (χ0) is 12.6. The number of methoxy groups -OCH3 is 4. The fourth-order valence-corrected chi connectivity index (χ4v) is 1.17. The van der Waals surface area contributed by atoms with E-state index >= 15 is 0 Å². The zero-order valence-corrected chi connectivity index (χ0v) is 10.8. The van der Waals surface area contributed by atoms with E-state index in [1.54, 1.807) is 40.6 Å². The number of benzene rings is 1. The second-order valence-electron chi connectivity index (χ2n) is 2.57. The Morgan fingerprint density at radius 3 is 1.38 bits per heavy atom. The second kappa shape index (κ2) is 7.68. The lowest BCUT2D eigenvalue weighted by Gasteiger charge is -2.13. The summed E-state index contributed by atoms with van der Waals surface area (Å²) in [5.74, 6) is 2.41. The average Bonchev–Trinajstić information content (AvgIpc) is 2.39. The molecule has 4 nitrogen and oxygen atoms in total. The summed E-state index contributed by atoms with van der Waals surface area (Å²) < 4.78 is 20.5. The lowest BCUT2D eigenvalue weighted by atomic mass is 10.2. The largest absolute Gasteiger partial charge is 0.496 e. The SMILES string of the molecule is CC.COc1cc(OC)c(OC)c(OC)c1. The molecule has 0 spiro atoms. The van der Waals surface area contributed by atoms with Crippen LogP contribution in [0.25, 0.3) is 0 Å². The molecule has 1 aromatic rings. The van der Waals surface area contributed by atoms with Gasteiger partial charge in [-0.15, -0.1) is 0 Å². The van der Waals surface area contributed by atoms with E-state index in [2.05, 4.69) is 0 Å². The molecule has 0 fully saturated rings. The van der Waals surface area contributed by atoms with Gasteiger partial charge in [-0.05, 0) is 0 Å². The number of hydrogen-bond donors (Lipinski definition) is 0. The first-order valence-electron chi connectivity index (χ1n) is 5.10. The first kappa shape index (κ1) is 14.4. The summed E-state index contributed by atoms with van der Waals surface area (Å²) in [7, 11) is 6.28. The van der Waals surface area contributed by atoms with Crippen LogP contribution in [-0.2, 0) is 0 Å². The highest BCUT2D eigenvalue weighted by Crippen LogP contribution is 2.40. The standard InChI is InChI=1S/C10H14O4.C2H6/c1-11-7-5-8(12-2)10(14-4)9(6-7)13-3;1-2/h5-6H,1-4H3;1-2H3. The molecule has 1 rings (SSSR count). The van der Waals surface area contributed by atoms with Crippen molar-refractivity contribution in [3.63, 3.8) is 0 Å². The van der Waals surface area contributed by atoms with Gasteiger partial charge in [0, 0.05) is 12.1 Å². The van der Waals surface area contributed by atoms with Crippen LogP contribution in [0.1, 0.15) is 13.8 Å². The third kappa shape index (κ3) is 3.22. The fourth-order valence-electron chi connectivity index (χ4n) is 1.17. The summed E-state index contributed by atoms with van der Waals surface area (Å²) in [4.78, 5) is 0. The van der Waals surface area contributed by atoms with Crippen molar-refractivity contribution in [3.8, 4) is 23.0 Å². The molecule has 0 aliphatic rings. The van der Waals surface area contributed by atoms with Crippen LogP contribution in [0.3, 0.4) is 0 Å². The number of hydrogen-bond acceptors (Lipinski definition) is 4. The monoisotopic (exact) mass is 228 g/mol. The summed E-state index contributed by atoms with van der Waals surface area (Å²) in [5, 5.41) is 0. The van der Waals surface area contributed by atoms with Crippen molar-refractivity contribution in [3.05, 3.63) is 12.1 Å². The van der Waals surface area contributed by atoms with Crippen LogP contribution in [0, 0.1) is 0 Å². The van der Waals surface area contributed by atoms with Crippen molar-refractivity contribution in [2.45, 2.75) is 13.8 Å². The zero-order valence-electron chi connectivity index (χ0n) is 10.8. The Hall–Kier alpha value is -1.58. The van der Waals surface area contributed by atoms with Gasteiger partial charge < -0.3 is 18.9 Å². The van der Waals surface area contributed by atoms with E-state index < -0.39 is 0 Å². The van der Waals surface area contributed by atoms with Crippen LogP contribution in [0.2, 0.25) is 0 Å². The highest BCUT2D eigenvalue weighted by Gasteiger charge is 2.12. The Labute approximate surface area is 97.1 Å². The normalized spacial score (nSPS) is 8.62. The van der Waals surface area contributed by atoms with E-state index in [1.165, 1.54) is 0 Å². The van der Waals surface area contributed by atoms with Crippen LogP contribution < -0.4 is 18.9 Å². The summed E-state index contributed by atoms with van der Waals surface area (Å²) in [6.45, 7) is 4.00. The molecule has 0 heterocycles. The molecule has 0 aliphatic heterocycles. The third-order valence-corrected chi connectivity index (χ3v) is 1.87. The molecule has 0 aliphatic carbocycles. The van der Waals surface area contributed by atoms with E-state index in [9.17, 15) is 0 Å². The van der Waals surface area contributed by atoms with Crippen molar-refractivity contribution in [2.24, 2.45) is 0 Å². The van der Waals surface area contributed by atoms with E-state index in [-0.39, 0.29) is 0 Å². The molecular weight excluding hydrogens is 208 g/mol. The van der Waals surface area contributed by atoms with Gasteiger partial charge >= 0.3 is 0 Å². The van der Waals surface area contributed by atoms with Gasteiger partial charge in [-0.2, -0.15) is 0 Å². The molecule has 0 atom stereocenters. The first-order chi connectivity index (χ1) is 7.76. The quantitative estimate of drug-likeness (QED) is 0.794. The Balaban J connectivity index is 0.00000106. The van der Waals surface area contributed by atoms with Crippen LogP contribution in [-0.4, -0.2) is 28.4 Å². The molecule has 0 saturated carbocycles. The van der Waals surface area contributed by atoms with Crippen LogP contribution in [0.4, 0.5) is 0 Å². The van der Waals surface area contributed by atoms with Gasteiger partial charge in [-0.25, -0.2) is 0 Å². The maximum atomic E-state index is 5.15. The van der Waals surface area contributed by atoms with Crippen LogP contribution in [0.5, 0.6) is 23.0 Å². The van der Waals surface area contributed by atoms with Gasteiger partial charge in [0.15, 0.2) is 11.5 Å². The lowest BCUT2D eigenvalue weighted by molar-refractivity contribution is 0.318. The fraction of sp³-hybridized carbons (Fsp3) is 0.500. The first-order valence-corrected chi connectivity index (χ1v) is 5.10. The predicted octanol–water partition coefficient (Wildman–Crippen LogP) is 2.75. The number of ether oxygens (including phenoxy) is 4. The second-order valence-corrected chi connectivity index (χ2v) is 2.57. The van der Waals surface area contributed by atoms with Gasteiger partial charge in [0.05, 0.1) is 28.4 Å². The molecule has 4 heteroatoms. The van der Waals surface area contributed by atoms with E-state index in [1.807, 2.05) is 13.8 Å². The molecule has 0 unspecified atom stereocenters. The highest BCUT2D eigenvalue weighted by atomic mass is 16.5. The van der Waals surface area contributed by atoms with Gasteiger partial charge in [-0.1, -0.05) is 13.8 Å². The Morgan fingerprint density at radius 1 is 0.688 bits per heavy atom. The molecule has 0 N–H and O–H groups in total. The summed E-state index contributed by atoms with van der Waals surface area (Å²) in [6.07, 6.45) is 0. The summed E-state index contributed by atoms with van der Waals surface area (Å²) in [6, 6.07) is 3.47. The van der Waals surface area contributed by atoms with Gasteiger partial charge in [0.2, 0.25) is 5.75 Å². The topological polar surface area (TPSA) is 36.9 Å². The smallest absolute Gasteiger partial charge is 0.203 e. The molecule has 0 saturated heterocycles. The minimum Gasteiger partial charge on any atom is -0.496 e. The molecule has 0 aromatic heterocycles. The highest BCUT2D eigenvalue weighted by molar-refractivity contribution is 5.55. The molecule has 16 heavy (non-hydrogen) atoms. The minimum absolute atomic E-state index is 0.566. The maximum absolute atomic E-state index is 5.15. The molecule has 1 aromatic carbocycles. The average molecular weight is 228 g/mol. The molecular formula is C12H20O4. The van der Waals surface area contributed by atoms with E-state index in [4.69, 9.17) is 18.9 Å². The van der Waals surface area contributed by atoms with Gasteiger partial charge in [0.25, 0.3) is 0 Å².